The number of amides is 2. The van der Waals surface area contributed by atoms with Crippen molar-refractivity contribution >= 4 is 64.1 Å². The second-order valence-electron chi connectivity index (χ2n) is 8.38. The van der Waals surface area contributed by atoms with Crippen molar-refractivity contribution in [2.75, 3.05) is 16.8 Å². The van der Waals surface area contributed by atoms with E-state index in [1.165, 1.54) is 11.8 Å². The van der Waals surface area contributed by atoms with Gasteiger partial charge in [0, 0.05) is 20.6 Å². The summed E-state index contributed by atoms with van der Waals surface area (Å²) in [5.74, 6) is -1.47. The minimum Gasteiger partial charge on any atom is -0.462 e. The van der Waals surface area contributed by atoms with E-state index in [1.54, 1.807) is 42.5 Å². The topological polar surface area (TPSA) is 75.7 Å². The van der Waals surface area contributed by atoms with Gasteiger partial charge in [0.15, 0.2) is 0 Å². The van der Waals surface area contributed by atoms with Gasteiger partial charge < -0.3 is 10.1 Å². The van der Waals surface area contributed by atoms with Gasteiger partial charge in [-0.3, -0.25) is 9.59 Å². The molecule has 0 unspecified atom stereocenters. The smallest absolute Gasteiger partial charge is 0.338 e. The number of aryl methyl sites for hydroxylation is 1. The summed E-state index contributed by atoms with van der Waals surface area (Å²) >= 11 is 13.5. The maximum atomic E-state index is 13.6. The van der Waals surface area contributed by atoms with Crippen LogP contribution in [0.25, 0.3) is 0 Å². The lowest BCUT2D eigenvalue weighted by Crippen LogP contribution is -2.32. The number of anilines is 2. The van der Waals surface area contributed by atoms with Crippen LogP contribution >= 0.6 is 35.0 Å². The molecule has 0 saturated heterocycles. The van der Waals surface area contributed by atoms with E-state index in [4.69, 9.17) is 27.9 Å². The lowest BCUT2D eigenvalue weighted by atomic mass is 10.2. The molecule has 0 saturated carbocycles. The number of nitrogens with one attached hydrogen (secondary N) is 1. The number of hydrogen-bond donors (Lipinski definition) is 1. The van der Waals surface area contributed by atoms with Crippen LogP contribution in [0.1, 0.15) is 35.7 Å². The largest absolute Gasteiger partial charge is 0.462 e. The first kappa shape index (κ1) is 26.8. The summed E-state index contributed by atoms with van der Waals surface area (Å²) in [6.07, 6.45) is 1.69. The number of benzene rings is 3. The van der Waals surface area contributed by atoms with Gasteiger partial charge in [0.05, 0.1) is 17.9 Å². The highest BCUT2D eigenvalue weighted by Crippen LogP contribution is 2.38. The fourth-order valence-electron chi connectivity index (χ4n) is 3.58. The zero-order chi connectivity index (χ0) is 26.5. The molecule has 0 spiro atoms. The first-order chi connectivity index (χ1) is 17.8. The van der Waals surface area contributed by atoms with Crippen molar-refractivity contribution in [3.05, 3.63) is 98.5 Å². The Morgan fingerprint density at radius 3 is 2.22 bits per heavy atom. The van der Waals surface area contributed by atoms with Gasteiger partial charge in [-0.25, -0.2) is 9.69 Å². The van der Waals surface area contributed by atoms with Crippen LogP contribution in [0, 0.1) is 6.92 Å². The molecule has 3 aromatic carbocycles. The van der Waals surface area contributed by atoms with Crippen LogP contribution in [0.4, 0.5) is 11.4 Å². The highest BCUT2D eigenvalue weighted by Gasteiger charge is 2.40. The van der Waals surface area contributed by atoms with Gasteiger partial charge in [0.2, 0.25) is 0 Å². The molecule has 1 aliphatic rings. The molecule has 2 amide bonds. The Bertz CT molecular complexity index is 1350. The van der Waals surface area contributed by atoms with Gasteiger partial charge in [-0.1, -0.05) is 66.0 Å². The highest BCUT2D eigenvalue weighted by atomic mass is 35.5. The lowest BCUT2D eigenvalue weighted by molar-refractivity contribution is -0.120. The third-order valence-electron chi connectivity index (χ3n) is 5.51. The zero-order valence-corrected chi connectivity index (χ0v) is 22.5. The summed E-state index contributed by atoms with van der Waals surface area (Å²) < 4.78 is 5.24. The lowest BCUT2D eigenvalue weighted by Gasteiger charge is -2.16. The Labute approximate surface area is 229 Å². The summed E-state index contributed by atoms with van der Waals surface area (Å²) in [6, 6.07) is 18.7. The van der Waals surface area contributed by atoms with E-state index < -0.39 is 17.8 Å². The predicted octanol–water partition coefficient (Wildman–Crippen LogP) is 7.25. The highest BCUT2D eigenvalue weighted by molar-refractivity contribution is 8.04. The Kier molecular flexibility index (Phi) is 8.59. The van der Waals surface area contributed by atoms with Crippen molar-refractivity contribution in [2.45, 2.75) is 31.6 Å². The number of unbranched alkanes of at least 4 members (excludes halogenated alkanes) is 1. The van der Waals surface area contributed by atoms with E-state index >= 15 is 0 Å². The number of carbonyl (C=O) groups excluding carboxylic acids is 3. The zero-order valence-electron chi connectivity index (χ0n) is 20.2. The summed E-state index contributed by atoms with van der Waals surface area (Å²) in [5.41, 5.74) is 2.34. The molecule has 37 heavy (non-hydrogen) atoms. The molecular weight excluding hydrogens is 531 g/mol. The molecule has 0 fully saturated rings. The molecule has 0 radical (unpaired) electrons. The predicted molar refractivity (Wildman–Crippen MR) is 148 cm³/mol. The van der Waals surface area contributed by atoms with E-state index in [-0.39, 0.29) is 10.6 Å². The fraction of sp³-hybridized carbons (Fsp3) is 0.179. The van der Waals surface area contributed by atoms with Crippen LogP contribution in [-0.4, -0.2) is 24.4 Å². The molecular formula is C28H24Cl2N2O4S. The fourth-order valence-corrected chi connectivity index (χ4v) is 5.04. The minimum absolute atomic E-state index is 0.108. The van der Waals surface area contributed by atoms with E-state index in [0.717, 1.165) is 28.2 Å². The number of carbonyl (C=O) groups is 3. The SMILES string of the molecule is CCCCOC(=O)c1ccc(N2C(=O)C(Nc3cc(Cl)cc(Cl)c3)=C(Sc3ccc(C)cc3)C2=O)cc1. The van der Waals surface area contributed by atoms with Gasteiger partial charge in [-0.15, -0.1) is 0 Å². The number of halogens is 2. The monoisotopic (exact) mass is 554 g/mol. The molecule has 0 aromatic heterocycles. The summed E-state index contributed by atoms with van der Waals surface area (Å²) in [4.78, 5) is 41.5. The molecule has 0 bridgehead atoms. The number of nitrogens with zero attached hydrogens (tertiary/aromatic N) is 1. The molecule has 1 heterocycles. The van der Waals surface area contributed by atoms with Crippen molar-refractivity contribution < 1.29 is 19.1 Å². The number of hydrogen-bond acceptors (Lipinski definition) is 6. The number of esters is 1. The van der Waals surface area contributed by atoms with Crippen LogP contribution in [0.3, 0.4) is 0 Å². The maximum Gasteiger partial charge on any atom is 0.338 e. The molecule has 3 aromatic rings. The van der Waals surface area contributed by atoms with Gasteiger partial charge in [0.1, 0.15) is 10.6 Å². The Morgan fingerprint density at radius 2 is 1.59 bits per heavy atom. The molecule has 1 N–H and O–H groups in total. The molecule has 6 nitrogen and oxygen atoms in total. The van der Waals surface area contributed by atoms with Crippen molar-refractivity contribution in [2.24, 2.45) is 0 Å². The normalized spacial score (nSPS) is 13.4. The quantitative estimate of drug-likeness (QED) is 0.170. The maximum absolute atomic E-state index is 13.6. The molecule has 4 rings (SSSR count). The van der Waals surface area contributed by atoms with Gasteiger partial charge in [-0.05, 0) is 67.9 Å². The van der Waals surface area contributed by atoms with Crippen molar-refractivity contribution in [3.8, 4) is 0 Å². The van der Waals surface area contributed by atoms with Crippen molar-refractivity contribution in [1.82, 2.24) is 0 Å². The third kappa shape index (κ3) is 6.36. The molecule has 1 aliphatic heterocycles. The van der Waals surface area contributed by atoms with Crippen LogP contribution in [0.2, 0.25) is 10.0 Å². The first-order valence-electron chi connectivity index (χ1n) is 11.6. The number of thioether (sulfide) groups is 1. The summed E-state index contributed by atoms with van der Waals surface area (Å²) in [6.45, 7) is 4.32. The standard InChI is InChI=1S/C28H24Cl2N2O4S/c1-3-4-13-36-28(35)18-7-9-22(10-8-18)32-26(33)24(31-21-15-19(29)14-20(30)16-21)25(27(32)34)37-23-11-5-17(2)6-12-23/h5-12,14-16,31H,3-4,13H2,1-2H3. The van der Waals surface area contributed by atoms with E-state index in [1.807, 2.05) is 38.1 Å². The van der Waals surface area contributed by atoms with E-state index in [0.29, 0.717) is 33.6 Å². The van der Waals surface area contributed by atoms with Crippen LogP contribution in [-0.2, 0) is 14.3 Å². The van der Waals surface area contributed by atoms with Gasteiger partial charge in [0.25, 0.3) is 11.8 Å². The molecule has 190 valence electrons. The van der Waals surface area contributed by atoms with Crippen molar-refractivity contribution in [1.29, 1.82) is 0 Å². The molecule has 9 heteroatoms. The van der Waals surface area contributed by atoms with E-state index in [9.17, 15) is 14.4 Å². The van der Waals surface area contributed by atoms with Crippen LogP contribution in [0.15, 0.2) is 82.2 Å². The third-order valence-corrected chi connectivity index (χ3v) is 7.03. The number of ether oxygens (including phenoxy) is 1. The minimum atomic E-state index is -0.533. The van der Waals surface area contributed by atoms with Crippen molar-refractivity contribution in [3.63, 3.8) is 0 Å². The van der Waals surface area contributed by atoms with Gasteiger partial charge in [-0.2, -0.15) is 0 Å². The number of rotatable bonds is 9. The average molecular weight is 555 g/mol. The Balaban J connectivity index is 1.64. The second kappa shape index (κ2) is 11.9. The van der Waals surface area contributed by atoms with Crippen LogP contribution < -0.4 is 10.2 Å². The summed E-state index contributed by atoms with van der Waals surface area (Å²) in [7, 11) is 0. The second-order valence-corrected chi connectivity index (χ2v) is 10.3. The number of imide groups is 1. The average Bonchev–Trinajstić information content (AvgIpc) is 3.09. The Hall–Kier alpha value is -3.26. The molecule has 0 atom stereocenters. The van der Waals surface area contributed by atoms with E-state index in [2.05, 4.69) is 5.32 Å². The Morgan fingerprint density at radius 1 is 0.946 bits per heavy atom. The summed E-state index contributed by atoms with van der Waals surface area (Å²) in [5, 5.41) is 3.82. The first-order valence-corrected chi connectivity index (χ1v) is 13.2. The van der Waals surface area contributed by atoms with Crippen LogP contribution in [0.5, 0.6) is 0 Å². The molecule has 0 aliphatic carbocycles. The van der Waals surface area contributed by atoms with Gasteiger partial charge >= 0.3 is 5.97 Å².